The maximum atomic E-state index is 12.5. The van der Waals surface area contributed by atoms with Crippen molar-refractivity contribution < 1.29 is 9.21 Å². The fourth-order valence-electron chi connectivity index (χ4n) is 3.03. The number of likely N-dealkylation sites (tertiary alicyclic amines) is 1. The zero-order valence-corrected chi connectivity index (χ0v) is 11.3. The summed E-state index contributed by atoms with van der Waals surface area (Å²) < 4.78 is 5.32. The molecule has 0 radical (unpaired) electrons. The minimum Gasteiger partial charge on any atom is -0.428 e. The maximum absolute atomic E-state index is 12.5. The van der Waals surface area contributed by atoms with Crippen molar-refractivity contribution in [3.05, 3.63) is 11.5 Å². The quantitative estimate of drug-likeness (QED) is 0.798. The predicted molar refractivity (Wildman–Crippen MR) is 70.3 cm³/mol. The Morgan fingerprint density at radius 3 is 3.11 bits per heavy atom. The Morgan fingerprint density at radius 1 is 1.47 bits per heavy atom. The Hall–Kier alpha value is -1.56. The molecule has 6 nitrogen and oxygen atoms in total. The van der Waals surface area contributed by atoms with Gasteiger partial charge in [-0.15, -0.1) is 0 Å². The first-order valence-corrected chi connectivity index (χ1v) is 6.85. The Morgan fingerprint density at radius 2 is 2.32 bits per heavy atom. The third kappa shape index (κ3) is 2.45. The van der Waals surface area contributed by atoms with E-state index in [0.29, 0.717) is 19.5 Å². The van der Waals surface area contributed by atoms with E-state index in [4.69, 9.17) is 10.2 Å². The van der Waals surface area contributed by atoms with Gasteiger partial charge in [0.2, 0.25) is 5.91 Å². The molecule has 0 aliphatic carbocycles. The number of hydrogen-bond donors (Lipinski definition) is 1. The van der Waals surface area contributed by atoms with Gasteiger partial charge in [0.25, 0.3) is 6.01 Å². The lowest BCUT2D eigenvalue weighted by Gasteiger charge is -2.34. The minimum absolute atomic E-state index is 0.129. The van der Waals surface area contributed by atoms with Crippen molar-refractivity contribution in [1.29, 1.82) is 0 Å². The Labute approximate surface area is 112 Å². The summed E-state index contributed by atoms with van der Waals surface area (Å²) in [5.41, 5.74) is 6.37. The lowest BCUT2D eigenvalue weighted by molar-refractivity contribution is -0.138. The molecule has 0 bridgehead atoms. The molecule has 1 atom stereocenters. The molecule has 1 fully saturated rings. The summed E-state index contributed by atoms with van der Waals surface area (Å²) in [4.78, 5) is 20.8. The van der Waals surface area contributed by atoms with Gasteiger partial charge in [-0.05, 0) is 26.4 Å². The first kappa shape index (κ1) is 12.5. The number of carbonyl (C=O) groups is 1. The van der Waals surface area contributed by atoms with Crippen LogP contribution in [0.1, 0.15) is 24.3 Å². The molecule has 1 aromatic heterocycles. The number of nitrogen functional groups attached to an aromatic ring is 1. The number of amides is 1. The lowest BCUT2D eigenvalue weighted by atomic mass is 9.96. The molecule has 2 aliphatic heterocycles. The van der Waals surface area contributed by atoms with Crippen LogP contribution in [-0.2, 0) is 17.8 Å². The van der Waals surface area contributed by atoms with Gasteiger partial charge in [0.05, 0.1) is 12.5 Å². The number of rotatable bonds is 1. The summed E-state index contributed by atoms with van der Waals surface area (Å²) in [6.07, 6.45) is 2.81. The minimum atomic E-state index is 0.129. The number of oxazole rings is 1. The summed E-state index contributed by atoms with van der Waals surface area (Å²) in [7, 11) is 2.08. The van der Waals surface area contributed by atoms with E-state index in [-0.39, 0.29) is 17.8 Å². The number of nitrogens with two attached hydrogens (primary N) is 1. The van der Waals surface area contributed by atoms with Gasteiger partial charge >= 0.3 is 0 Å². The summed E-state index contributed by atoms with van der Waals surface area (Å²) in [6.45, 7) is 3.20. The number of anilines is 1. The van der Waals surface area contributed by atoms with Gasteiger partial charge in [0.1, 0.15) is 11.5 Å². The largest absolute Gasteiger partial charge is 0.428 e. The van der Waals surface area contributed by atoms with Gasteiger partial charge in [-0.3, -0.25) is 4.79 Å². The Kier molecular flexibility index (Phi) is 3.18. The Balaban J connectivity index is 1.68. The van der Waals surface area contributed by atoms with E-state index in [2.05, 4.69) is 16.9 Å². The number of fused-ring (bicyclic) bond motifs is 1. The molecule has 3 rings (SSSR count). The first-order chi connectivity index (χ1) is 9.13. The average Bonchev–Trinajstić information content (AvgIpc) is 2.76. The Bertz CT molecular complexity index is 485. The SMILES string of the molecule is CN1CCCC(C(=O)N2CCc3oc(N)nc3C2)C1. The van der Waals surface area contributed by atoms with Crippen molar-refractivity contribution in [3.8, 4) is 0 Å². The summed E-state index contributed by atoms with van der Waals surface area (Å²) >= 11 is 0. The molecule has 1 aromatic rings. The van der Waals surface area contributed by atoms with Gasteiger partial charge in [0, 0.05) is 19.5 Å². The van der Waals surface area contributed by atoms with Crippen LogP contribution in [0.4, 0.5) is 6.01 Å². The van der Waals surface area contributed by atoms with Crippen molar-refractivity contribution in [2.45, 2.75) is 25.8 Å². The van der Waals surface area contributed by atoms with Crippen LogP contribution in [0.3, 0.4) is 0 Å². The molecule has 1 amide bonds. The van der Waals surface area contributed by atoms with Crippen LogP contribution in [0.15, 0.2) is 4.42 Å². The molecule has 1 saturated heterocycles. The highest BCUT2D eigenvalue weighted by Crippen LogP contribution is 2.24. The van der Waals surface area contributed by atoms with Gasteiger partial charge in [-0.1, -0.05) is 0 Å². The highest BCUT2D eigenvalue weighted by molar-refractivity contribution is 5.79. The third-order valence-corrected chi connectivity index (χ3v) is 4.03. The van der Waals surface area contributed by atoms with Gasteiger partial charge in [0.15, 0.2) is 0 Å². The van der Waals surface area contributed by atoms with Crippen LogP contribution in [0, 0.1) is 5.92 Å². The van der Waals surface area contributed by atoms with E-state index in [0.717, 1.165) is 37.4 Å². The molecule has 0 saturated carbocycles. The third-order valence-electron chi connectivity index (χ3n) is 4.03. The van der Waals surface area contributed by atoms with E-state index >= 15 is 0 Å². The van der Waals surface area contributed by atoms with E-state index in [1.165, 1.54) is 0 Å². The fourth-order valence-corrected chi connectivity index (χ4v) is 3.03. The van der Waals surface area contributed by atoms with Crippen LogP contribution in [0.2, 0.25) is 0 Å². The van der Waals surface area contributed by atoms with E-state index in [9.17, 15) is 4.79 Å². The topological polar surface area (TPSA) is 75.6 Å². The fraction of sp³-hybridized carbons (Fsp3) is 0.692. The van der Waals surface area contributed by atoms with E-state index < -0.39 is 0 Å². The molecular weight excluding hydrogens is 244 g/mol. The van der Waals surface area contributed by atoms with Crippen molar-refractivity contribution >= 4 is 11.9 Å². The highest BCUT2D eigenvalue weighted by Gasteiger charge is 2.31. The second kappa shape index (κ2) is 4.85. The molecular formula is C13H20N4O2. The van der Waals surface area contributed by atoms with Crippen molar-refractivity contribution in [1.82, 2.24) is 14.8 Å². The predicted octanol–water partition coefficient (Wildman–Crippen LogP) is 0.483. The summed E-state index contributed by atoms with van der Waals surface area (Å²) in [6, 6.07) is 0.205. The van der Waals surface area contributed by atoms with Gasteiger partial charge in [-0.2, -0.15) is 4.98 Å². The van der Waals surface area contributed by atoms with Crippen molar-refractivity contribution in [3.63, 3.8) is 0 Å². The maximum Gasteiger partial charge on any atom is 0.292 e. The number of carbonyl (C=O) groups excluding carboxylic acids is 1. The summed E-state index contributed by atoms with van der Waals surface area (Å²) in [5.74, 6) is 1.21. The zero-order valence-electron chi connectivity index (χ0n) is 11.3. The zero-order chi connectivity index (χ0) is 13.4. The molecule has 2 aliphatic rings. The molecule has 0 aromatic carbocycles. The molecule has 3 heterocycles. The van der Waals surface area contributed by atoms with Crippen molar-refractivity contribution in [2.24, 2.45) is 5.92 Å². The van der Waals surface area contributed by atoms with Gasteiger partial charge < -0.3 is 20.0 Å². The normalized spacial score (nSPS) is 24.3. The second-order valence-corrected chi connectivity index (χ2v) is 5.53. The average molecular weight is 264 g/mol. The number of piperidine rings is 1. The van der Waals surface area contributed by atoms with Crippen LogP contribution < -0.4 is 5.73 Å². The first-order valence-electron chi connectivity index (χ1n) is 6.85. The molecule has 2 N–H and O–H groups in total. The smallest absolute Gasteiger partial charge is 0.292 e. The van der Waals surface area contributed by atoms with Crippen LogP contribution >= 0.6 is 0 Å². The molecule has 19 heavy (non-hydrogen) atoms. The van der Waals surface area contributed by atoms with Crippen molar-refractivity contribution in [2.75, 3.05) is 32.4 Å². The number of aromatic nitrogens is 1. The molecule has 6 heteroatoms. The van der Waals surface area contributed by atoms with E-state index in [1.54, 1.807) is 0 Å². The highest BCUT2D eigenvalue weighted by atomic mass is 16.4. The second-order valence-electron chi connectivity index (χ2n) is 5.53. The number of hydrogen-bond acceptors (Lipinski definition) is 5. The summed E-state index contributed by atoms with van der Waals surface area (Å²) in [5, 5.41) is 0. The van der Waals surface area contributed by atoms with E-state index in [1.807, 2.05) is 4.90 Å². The van der Waals surface area contributed by atoms with Gasteiger partial charge in [-0.25, -0.2) is 0 Å². The molecule has 1 unspecified atom stereocenters. The monoisotopic (exact) mass is 264 g/mol. The molecule has 104 valence electrons. The van der Waals surface area contributed by atoms with Crippen LogP contribution in [0.5, 0.6) is 0 Å². The lowest BCUT2D eigenvalue weighted by Crippen LogP contribution is -2.45. The molecule has 0 spiro atoms. The van der Waals surface area contributed by atoms with Crippen LogP contribution in [0.25, 0.3) is 0 Å². The van der Waals surface area contributed by atoms with Crippen LogP contribution in [-0.4, -0.2) is 47.4 Å². The number of nitrogens with zero attached hydrogens (tertiary/aromatic N) is 3. The standard InChI is InChI=1S/C13H20N4O2/c1-16-5-2-3-9(7-16)12(18)17-6-4-11-10(8-17)15-13(14)19-11/h9H,2-8H2,1H3,(H2,14,15).